The number of rotatable bonds is 25. The van der Waals surface area contributed by atoms with Gasteiger partial charge in [0.15, 0.2) is 0 Å². The van der Waals surface area contributed by atoms with Crippen LogP contribution in [0.2, 0.25) is 0 Å². The molecule has 5 rings (SSSR count). The van der Waals surface area contributed by atoms with Crippen molar-refractivity contribution in [2.75, 3.05) is 54.9 Å². The van der Waals surface area contributed by atoms with E-state index in [1.807, 2.05) is 0 Å². The summed E-state index contributed by atoms with van der Waals surface area (Å²) in [5.74, 6) is -11.4. The Morgan fingerprint density at radius 3 is 0.795 bits per heavy atom. The van der Waals surface area contributed by atoms with Crippen molar-refractivity contribution in [3.63, 3.8) is 0 Å². The van der Waals surface area contributed by atoms with Gasteiger partial charge in [0, 0.05) is 30.4 Å². The van der Waals surface area contributed by atoms with E-state index in [1.165, 1.54) is 164 Å². The Labute approximate surface area is 474 Å². The third-order valence-electron chi connectivity index (χ3n) is 11.7. The van der Waals surface area contributed by atoms with E-state index in [9.17, 15) is 57.8 Å². The van der Waals surface area contributed by atoms with Gasteiger partial charge < -0.3 is 52.5 Å². The maximum atomic E-state index is 14.3. The molecule has 1 N–H and O–H groups in total. The lowest BCUT2D eigenvalue weighted by Gasteiger charge is -2.27. The van der Waals surface area contributed by atoms with Gasteiger partial charge in [-0.3, -0.25) is 9.59 Å². The minimum Gasteiger partial charge on any atom is -0.478 e. The van der Waals surface area contributed by atoms with Crippen LogP contribution in [0.25, 0.3) is 24.3 Å². The number of carboxylic acid groups (broad SMARTS) is 1. The molecule has 0 heterocycles. The molecule has 0 aliphatic carbocycles. The molecule has 0 aliphatic heterocycles. The molecule has 5 aromatic carbocycles. The maximum Gasteiger partial charge on any atom is 0.338 e. The van der Waals surface area contributed by atoms with Crippen molar-refractivity contribution in [1.82, 2.24) is 0 Å². The standard InChI is InChI=1S/C61H54O22/c1-60(34-78-54(68)42-19-7-38(8-20-42)15-27-49(62)74-3,35-79-55(69)43-21-9-39(10-22-43)16-28-50(63)75-4)58(72)82-47-31-46(53(66)67)32-48(33-47)83-59(73)61(2,36-80-56(70)44-23-11-40(12-24-44)17-29-51(64)76-5)37-81-57(71)45-25-13-41(14-26-45)18-30-52(65)77-6/h7-33H,34-37H2,1-6H3,(H,66,67). The van der Waals surface area contributed by atoms with Crippen LogP contribution in [0.15, 0.2) is 140 Å². The van der Waals surface area contributed by atoms with Crippen LogP contribution in [0.1, 0.15) is 87.9 Å². The average molecular weight is 1140 g/mol. The molecular formula is C61H54O22. The summed E-state index contributed by atoms with van der Waals surface area (Å²) in [5.41, 5.74) is -2.60. The van der Waals surface area contributed by atoms with Gasteiger partial charge in [-0.15, -0.1) is 0 Å². The first kappa shape index (κ1) is 63.1. The van der Waals surface area contributed by atoms with E-state index >= 15 is 0 Å². The van der Waals surface area contributed by atoms with Gasteiger partial charge in [0.2, 0.25) is 0 Å². The third kappa shape index (κ3) is 19.2. The number of hydrogen-bond acceptors (Lipinski definition) is 21. The van der Waals surface area contributed by atoms with E-state index in [2.05, 4.69) is 18.9 Å². The summed E-state index contributed by atoms with van der Waals surface area (Å²) in [4.78, 5) is 141. The zero-order valence-corrected chi connectivity index (χ0v) is 45.4. The second-order valence-electron chi connectivity index (χ2n) is 18.1. The topological polar surface area (TPSA) is 300 Å². The van der Waals surface area contributed by atoms with E-state index in [0.717, 1.165) is 42.5 Å². The Morgan fingerprint density at radius 1 is 0.361 bits per heavy atom. The predicted molar refractivity (Wildman–Crippen MR) is 292 cm³/mol. The first-order chi connectivity index (χ1) is 39.6. The zero-order chi connectivity index (χ0) is 60.7. The van der Waals surface area contributed by atoms with Gasteiger partial charge in [-0.25, -0.2) is 43.2 Å². The van der Waals surface area contributed by atoms with E-state index in [4.69, 9.17) is 28.4 Å². The van der Waals surface area contributed by atoms with E-state index < -0.39 is 120 Å². The maximum absolute atomic E-state index is 14.3. The number of benzene rings is 5. The van der Waals surface area contributed by atoms with Gasteiger partial charge in [-0.05, 0) is 121 Å². The highest BCUT2D eigenvalue weighted by Crippen LogP contribution is 2.31. The molecule has 0 radical (unpaired) electrons. The minimum absolute atomic E-state index is 0.00667. The lowest BCUT2D eigenvalue weighted by molar-refractivity contribution is -0.150. The van der Waals surface area contributed by atoms with Crippen LogP contribution >= 0.6 is 0 Å². The Kier molecular flexibility index (Phi) is 22.8. The first-order valence-electron chi connectivity index (χ1n) is 24.5. The number of carbonyl (C=O) groups is 11. The summed E-state index contributed by atoms with van der Waals surface area (Å²) < 4.78 is 51.9. The minimum atomic E-state index is -2.06. The number of hydrogen-bond donors (Lipinski definition) is 1. The summed E-state index contributed by atoms with van der Waals surface area (Å²) in [5, 5.41) is 10.2. The van der Waals surface area contributed by atoms with Crippen molar-refractivity contribution in [3.8, 4) is 11.5 Å². The number of carboxylic acids is 1. The fraction of sp³-hybridized carbons (Fsp3) is 0.197. The molecule has 83 heavy (non-hydrogen) atoms. The molecule has 0 unspecified atom stereocenters. The number of ether oxygens (including phenoxy) is 10. The van der Waals surface area contributed by atoms with Crippen molar-refractivity contribution < 1.29 is 105 Å². The summed E-state index contributed by atoms with van der Waals surface area (Å²) in [6.07, 6.45) is 10.4. The van der Waals surface area contributed by atoms with Crippen molar-refractivity contribution in [1.29, 1.82) is 0 Å². The highest BCUT2D eigenvalue weighted by molar-refractivity contribution is 5.95. The smallest absolute Gasteiger partial charge is 0.338 e. The largest absolute Gasteiger partial charge is 0.478 e. The molecule has 0 aliphatic rings. The lowest BCUT2D eigenvalue weighted by Crippen LogP contribution is -2.42. The lowest BCUT2D eigenvalue weighted by atomic mass is 9.93. The Hall–Kier alpha value is -10.8. The van der Waals surface area contributed by atoms with E-state index in [-0.39, 0.29) is 22.3 Å². The van der Waals surface area contributed by atoms with Gasteiger partial charge in [0.1, 0.15) is 48.8 Å². The summed E-state index contributed by atoms with van der Waals surface area (Å²) in [7, 11) is 4.82. The molecule has 430 valence electrons. The molecule has 0 spiro atoms. The summed E-state index contributed by atoms with van der Waals surface area (Å²) >= 11 is 0. The zero-order valence-electron chi connectivity index (χ0n) is 45.4. The quantitative estimate of drug-likeness (QED) is 0.0258. The number of aromatic carboxylic acids is 1. The van der Waals surface area contributed by atoms with Gasteiger partial charge in [0.05, 0.1) is 56.3 Å². The SMILES string of the molecule is COC(=O)C=Cc1ccc(C(=O)OCC(C)(COC(=O)c2ccc(C=CC(=O)OC)cc2)C(=O)Oc2cc(OC(=O)C(C)(COC(=O)c3ccc(C=CC(=O)OC)cc3)COC(=O)c3ccc(C=CC(=O)OC)cc3)cc(C(=O)O)c2)cc1. The Morgan fingerprint density at radius 2 is 0.590 bits per heavy atom. The average Bonchev–Trinajstić information content (AvgIpc) is 3.60. The van der Waals surface area contributed by atoms with Gasteiger partial charge in [-0.1, -0.05) is 48.5 Å². The molecule has 22 nitrogen and oxygen atoms in total. The fourth-order valence-corrected chi connectivity index (χ4v) is 6.68. The van der Waals surface area contributed by atoms with Crippen LogP contribution < -0.4 is 9.47 Å². The number of methoxy groups -OCH3 is 4. The second kappa shape index (κ2) is 30.0. The predicted octanol–water partition coefficient (Wildman–Crippen LogP) is 7.38. The summed E-state index contributed by atoms with van der Waals surface area (Å²) in [6, 6.07) is 25.7. The molecular weight excluding hydrogens is 1080 g/mol. The molecule has 0 aromatic heterocycles. The number of carbonyl (C=O) groups excluding carboxylic acids is 10. The highest BCUT2D eigenvalue weighted by Gasteiger charge is 2.41. The molecule has 5 aromatic rings. The Balaban J connectivity index is 1.42. The summed E-state index contributed by atoms with van der Waals surface area (Å²) in [6.45, 7) is -0.766. The van der Waals surface area contributed by atoms with Crippen LogP contribution in [0.5, 0.6) is 11.5 Å². The molecule has 0 fully saturated rings. The number of esters is 10. The van der Waals surface area contributed by atoms with Gasteiger partial charge >= 0.3 is 65.7 Å². The molecule has 0 bridgehead atoms. The Bertz CT molecular complexity index is 2960. The van der Waals surface area contributed by atoms with Crippen molar-refractivity contribution in [3.05, 3.63) is 190 Å². The van der Waals surface area contributed by atoms with Crippen molar-refractivity contribution in [2.45, 2.75) is 13.8 Å². The molecule has 0 atom stereocenters. The third-order valence-corrected chi connectivity index (χ3v) is 11.7. The van der Waals surface area contributed by atoms with Crippen molar-refractivity contribution >= 4 is 90.0 Å². The molecule has 0 saturated carbocycles. The van der Waals surface area contributed by atoms with E-state index in [1.54, 1.807) is 0 Å². The van der Waals surface area contributed by atoms with Crippen LogP contribution in [0.4, 0.5) is 0 Å². The second-order valence-corrected chi connectivity index (χ2v) is 18.1. The van der Waals surface area contributed by atoms with Crippen LogP contribution in [0, 0.1) is 10.8 Å². The molecule has 22 heteroatoms. The van der Waals surface area contributed by atoms with E-state index in [0.29, 0.717) is 22.3 Å². The fourth-order valence-electron chi connectivity index (χ4n) is 6.68. The molecule has 0 saturated heterocycles. The normalized spacial score (nSPS) is 12.5. The van der Waals surface area contributed by atoms with Gasteiger partial charge in [0.25, 0.3) is 0 Å². The van der Waals surface area contributed by atoms with Crippen LogP contribution in [-0.4, -0.2) is 126 Å². The highest BCUT2D eigenvalue weighted by atomic mass is 16.6. The monoisotopic (exact) mass is 1140 g/mol. The molecule has 0 amide bonds. The first-order valence-corrected chi connectivity index (χ1v) is 24.5. The van der Waals surface area contributed by atoms with Gasteiger partial charge in [-0.2, -0.15) is 0 Å². The van der Waals surface area contributed by atoms with Crippen molar-refractivity contribution in [2.24, 2.45) is 10.8 Å². The van der Waals surface area contributed by atoms with Crippen LogP contribution in [0.3, 0.4) is 0 Å². The van der Waals surface area contributed by atoms with Crippen LogP contribution in [-0.2, 0) is 66.7 Å².